The molecule has 3 amide bonds. The zero-order valence-electron chi connectivity index (χ0n) is 24.3. The molecule has 0 radical (unpaired) electrons. The second-order valence-corrected chi connectivity index (χ2v) is 11.1. The summed E-state index contributed by atoms with van der Waals surface area (Å²) < 4.78 is 5.42. The van der Waals surface area contributed by atoms with Gasteiger partial charge < -0.3 is 20.3 Å². The van der Waals surface area contributed by atoms with Crippen LogP contribution in [0.3, 0.4) is 0 Å². The van der Waals surface area contributed by atoms with Gasteiger partial charge in [-0.1, -0.05) is 56.3 Å². The third-order valence-corrected chi connectivity index (χ3v) is 6.44. The molecule has 2 unspecified atom stereocenters. The van der Waals surface area contributed by atoms with E-state index in [1.54, 1.807) is 26.8 Å². The monoisotopic (exact) mass is 521 g/mol. The predicted octanol–water partition coefficient (Wildman–Crippen LogP) is 6.16. The number of anilines is 1. The predicted molar refractivity (Wildman–Crippen MR) is 153 cm³/mol. The summed E-state index contributed by atoms with van der Waals surface area (Å²) in [5.41, 5.74) is 4.47. The van der Waals surface area contributed by atoms with E-state index in [0.29, 0.717) is 11.3 Å². The van der Waals surface area contributed by atoms with Gasteiger partial charge in [0.05, 0.1) is 0 Å². The lowest BCUT2D eigenvalue weighted by atomic mass is 9.93. The van der Waals surface area contributed by atoms with Crippen molar-refractivity contribution in [1.82, 2.24) is 10.2 Å². The van der Waals surface area contributed by atoms with Crippen LogP contribution in [0.15, 0.2) is 49.1 Å². The first-order chi connectivity index (χ1) is 17.7. The highest BCUT2D eigenvalue weighted by molar-refractivity contribution is 6.00. The zero-order chi connectivity index (χ0) is 28.8. The summed E-state index contributed by atoms with van der Waals surface area (Å²) in [5.74, 6) is -0.998. The summed E-state index contributed by atoms with van der Waals surface area (Å²) in [6.45, 7) is 20.7. The van der Waals surface area contributed by atoms with Crippen LogP contribution in [0.1, 0.15) is 68.5 Å². The van der Waals surface area contributed by atoms with Gasteiger partial charge in [0.2, 0.25) is 5.91 Å². The fourth-order valence-electron chi connectivity index (χ4n) is 4.31. The number of ether oxygens (including phenoxy) is 1. The molecule has 2 rings (SSSR count). The maximum atomic E-state index is 14.1. The van der Waals surface area contributed by atoms with Crippen LogP contribution in [0, 0.1) is 33.6 Å². The van der Waals surface area contributed by atoms with Crippen LogP contribution in [0.4, 0.5) is 10.5 Å². The molecule has 38 heavy (non-hydrogen) atoms. The number of carbonyl (C=O) groups excluding carboxylic acids is 3. The minimum atomic E-state index is -0.957. The van der Waals surface area contributed by atoms with Crippen LogP contribution in [0.2, 0.25) is 0 Å². The molecule has 2 aromatic rings. The van der Waals surface area contributed by atoms with Gasteiger partial charge in [-0.05, 0) is 82.2 Å². The Bertz CT molecular complexity index is 1160. The fourth-order valence-corrected chi connectivity index (χ4v) is 4.31. The SMILES string of the molecule is C=CCN(C(=O)C(NC(=O)OC(C)(C)C)C(C)C)C(C(=O)Nc1c(C)cccc1C)c1cccc(C)c1C. The number of nitrogens with one attached hydrogen (secondary N) is 2. The number of hydrogen-bond acceptors (Lipinski definition) is 4. The summed E-state index contributed by atoms with van der Waals surface area (Å²) >= 11 is 0. The van der Waals surface area contributed by atoms with Crippen molar-refractivity contribution < 1.29 is 19.1 Å². The van der Waals surface area contributed by atoms with Gasteiger partial charge in [-0.25, -0.2) is 4.79 Å². The van der Waals surface area contributed by atoms with E-state index in [1.165, 1.54) is 4.90 Å². The molecule has 0 spiro atoms. The molecular weight excluding hydrogens is 478 g/mol. The van der Waals surface area contributed by atoms with Crippen LogP contribution in [-0.4, -0.2) is 41.0 Å². The van der Waals surface area contributed by atoms with Gasteiger partial charge in [-0.3, -0.25) is 9.59 Å². The van der Waals surface area contributed by atoms with E-state index in [2.05, 4.69) is 17.2 Å². The van der Waals surface area contributed by atoms with Crippen LogP contribution >= 0.6 is 0 Å². The first-order valence-corrected chi connectivity index (χ1v) is 13.0. The average Bonchev–Trinajstić information content (AvgIpc) is 2.80. The topological polar surface area (TPSA) is 87.7 Å². The summed E-state index contributed by atoms with van der Waals surface area (Å²) in [5, 5.41) is 5.81. The van der Waals surface area contributed by atoms with E-state index in [-0.39, 0.29) is 18.4 Å². The minimum Gasteiger partial charge on any atom is -0.444 e. The third kappa shape index (κ3) is 7.70. The number of amides is 3. The molecule has 206 valence electrons. The summed E-state index contributed by atoms with van der Waals surface area (Å²) in [6.07, 6.45) is 0.902. The number of alkyl carbamates (subject to hydrolysis) is 1. The molecular formula is C31H43N3O4. The van der Waals surface area contributed by atoms with Crippen molar-refractivity contribution in [3.63, 3.8) is 0 Å². The van der Waals surface area contributed by atoms with Gasteiger partial charge in [0.15, 0.2) is 0 Å². The molecule has 2 aromatic carbocycles. The Hall–Kier alpha value is -3.61. The van der Waals surface area contributed by atoms with Crippen LogP contribution in [0.25, 0.3) is 0 Å². The first-order valence-electron chi connectivity index (χ1n) is 13.0. The molecule has 0 aliphatic rings. The molecule has 2 N–H and O–H groups in total. The number of rotatable bonds is 9. The lowest BCUT2D eigenvalue weighted by Crippen LogP contribution is -2.54. The second kappa shape index (κ2) is 12.8. The van der Waals surface area contributed by atoms with Gasteiger partial charge in [0.25, 0.3) is 5.91 Å². The molecule has 0 saturated carbocycles. The first kappa shape index (κ1) is 30.6. The average molecular weight is 522 g/mol. The number of benzene rings is 2. The van der Waals surface area contributed by atoms with Gasteiger partial charge in [-0.2, -0.15) is 0 Å². The quantitative estimate of drug-likeness (QED) is 0.387. The van der Waals surface area contributed by atoms with Crippen molar-refractivity contribution in [3.05, 3.63) is 76.9 Å². The van der Waals surface area contributed by atoms with E-state index < -0.39 is 29.7 Å². The lowest BCUT2D eigenvalue weighted by Gasteiger charge is -2.36. The molecule has 7 nitrogen and oxygen atoms in total. The summed E-state index contributed by atoms with van der Waals surface area (Å²) in [7, 11) is 0. The standard InChI is InChI=1S/C31H43N3O4/c1-11-18-34(29(36)25(19(2)3)33-30(37)38-31(8,9)10)27(24-17-13-14-20(4)23(24)7)28(35)32-26-21(5)15-12-16-22(26)6/h11-17,19,25,27H,1,18H2,2-10H3,(H,32,35)(H,33,37). The van der Waals surface area contributed by atoms with E-state index in [1.807, 2.05) is 77.9 Å². The number of aryl methyl sites for hydroxylation is 3. The Balaban J connectivity index is 2.60. The normalized spacial score (nSPS) is 12.9. The Labute approximate surface area is 227 Å². The van der Waals surface area contributed by atoms with Crippen molar-refractivity contribution in [2.75, 3.05) is 11.9 Å². The maximum Gasteiger partial charge on any atom is 0.408 e. The highest BCUT2D eigenvalue weighted by Gasteiger charge is 2.38. The van der Waals surface area contributed by atoms with Gasteiger partial charge >= 0.3 is 6.09 Å². The molecule has 7 heteroatoms. The summed E-state index contributed by atoms with van der Waals surface area (Å²) in [4.78, 5) is 42.3. The lowest BCUT2D eigenvalue weighted by molar-refractivity contribution is -0.141. The van der Waals surface area contributed by atoms with Crippen LogP contribution in [0.5, 0.6) is 0 Å². The van der Waals surface area contributed by atoms with E-state index in [4.69, 9.17) is 4.74 Å². The molecule has 0 aliphatic carbocycles. The van der Waals surface area contributed by atoms with Gasteiger partial charge in [0, 0.05) is 12.2 Å². The zero-order valence-corrected chi connectivity index (χ0v) is 24.3. The second-order valence-electron chi connectivity index (χ2n) is 11.1. The Morgan fingerprint density at radius 2 is 1.53 bits per heavy atom. The van der Waals surface area contributed by atoms with Crippen LogP contribution in [-0.2, 0) is 14.3 Å². The number of hydrogen-bond donors (Lipinski definition) is 2. The smallest absolute Gasteiger partial charge is 0.408 e. The third-order valence-electron chi connectivity index (χ3n) is 6.44. The highest BCUT2D eigenvalue weighted by Crippen LogP contribution is 2.30. The van der Waals surface area contributed by atoms with Crippen molar-refractivity contribution in [3.8, 4) is 0 Å². The van der Waals surface area contributed by atoms with Crippen molar-refractivity contribution >= 4 is 23.6 Å². The van der Waals surface area contributed by atoms with E-state index >= 15 is 0 Å². The Kier molecular flexibility index (Phi) is 10.3. The van der Waals surface area contributed by atoms with E-state index in [9.17, 15) is 14.4 Å². The number of nitrogens with zero attached hydrogens (tertiary/aromatic N) is 1. The van der Waals surface area contributed by atoms with Gasteiger partial charge in [-0.15, -0.1) is 6.58 Å². The number of carbonyl (C=O) groups is 3. The maximum absolute atomic E-state index is 14.1. The summed E-state index contributed by atoms with van der Waals surface area (Å²) in [6, 6.07) is 9.65. The number of para-hydroxylation sites is 1. The van der Waals surface area contributed by atoms with Crippen molar-refractivity contribution in [2.45, 2.75) is 80.0 Å². The van der Waals surface area contributed by atoms with Crippen molar-refractivity contribution in [1.29, 1.82) is 0 Å². The molecule has 0 aromatic heterocycles. The fraction of sp³-hybridized carbons (Fsp3) is 0.452. The molecule has 2 atom stereocenters. The Morgan fingerprint density at radius 1 is 0.974 bits per heavy atom. The van der Waals surface area contributed by atoms with Crippen molar-refractivity contribution in [2.24, 2.45) is 5.92 Å². The Morgan fingerprint density at radius 3 is 2.05 bits per heavy atom. The highest BCUT2D eigenvalue weighted by atomic mass is 16.6. The largest absolute Gasteiger partial charge is 0.444 e. The van der Waals surface area contributed by atoms with Crippen LogP contribution < -0.4 is 10.6 Å². The molecule has 0 fully saturated rings. The molecule has 0 bridgehead atoms. The molecule has 0 aliphatic heterocycles. The van der Waals surface area contributed by atoms with Gasteiger partial charge in [0.1, 0.15) is 17.7 Å². The molecule has 0 heterocycles. The minimum absolute atomic E-state index is 0.107. The molecule has 0 saturated heterocycles. The van der Waals surface area contributed by atoms with E-state index in [0.717, 1.165) is 22.3 Å².